The Bertz CT molecular complexity index is 2580. The Morgan fingerprint density at radius 1 is 0.400 bits per heavy atom. The Morgan fingerprint density at radius 2 is 0.678 bits per heavy atom. The van der Waals surface area contributed by atoms with Crippen LogP contribution in [0.2, 0.25) is 0 Å². The van der Waals surface area contributed by atoms with Gasteiger partial charge >= 0.3 is 35.2 Å². The normalized spacial score (nSPS) is 26.9. The van der Waals surface area contributed by atoms with Gasteiger partial charge in [-0.25, -0.2) is 67.6 Å². The monoisotopic (exact) mass is 1250 g/mol. The van der Waals surface area contributed by atoms with Crippen LogP contribution in [0.15, 0.2) is 44.3 Å². The molecule has 0 bridgehead atoms. The van der Waals surface area contributed by atoms with Gasteiger partial charge in [0.1, 0.15) is 0 Å². The fraction of sp³-hybridized carbons (Fsp3) is 0.870. The molecule has 0 saturated heterocycles. The molecular formula is C69H114N12O9. The zero-order chi connectivity index (χ0) is 63.6. The number of aliphatic imine (C=N–C) groups is 6. The van der Waals surface area contributed by atoms with Crippen LogP contribution in [0.25, 0.3) is 0 Å². The molecule has 504 valence electrons. The van der Waals surface area contributed by atoms with Crippen LogP contribution in [0.1, 0.15) is 220 Å². The lowest BCUT2D eigenvalue weighted by molar-refractivity contribution is -0.151. The number of hydroxylamine groups is 1. The van der Waals surface area contributed by atoms with Crippen molar-refractivity contribution in [2.24, 2.45) is 101 Å². The van der Waals surface area contributed by atoms with Gasteiger partial charge in [0, 0.05) is 45.7 Å². The van der Waals surface area contributed by atoms with Crippen LogP contribution in [0.4, 0.5) is 9.59 Å². The number of hydrogen-bond donors (Lipinski definition) is 3. The molecule has 1 aromatic rings. The van der Waals surface area contributed by atoms with Crippen LogP contribution in [0, 0.1) is 71.0 Å². The summed E-state index contributed by atoms with van der Waals surface area (Å²) in [7, 11) is 0. The molecule has 6 fully saturated rings. The van der Waals surface area contributed by atoms with Crippen molar-refractivity contribution in [3.8, 4) is 0 Å². The number of rotatable bonds is 34. The molecule has 90 heavy (non-hydrogen) atoms. The SMILES string of the molecule is CCCCOC(=O)NCC1CCCC(CN=C=NCC2CCCC(Cn3c(=O)n(CC4CCCC(CN=C=NCC5CCCC(CNOC(=O)CCCC)C5)C4)c(=O)n(CC4CCCC(CN=C=NCC5CCCC(CNC(=O)OCCCC)C5)C4)c3=O)C2)C1. The van der Waals surface area contributed by atoms with E-state index in [9.17, 15) is 28.8 Å². The second-order valence-electron chi connectivity index (χ2n) is 28.1. The van der Waals surface area contributed by atoms with Crippen molar-refractivity contribution in [1.82, 2.24) is 29.8 Å². The van der Waals surface area contributed by atoms with Crippen LogP contribution in [-0.2, 0) is 38.7 Å². The highest BCUT2D eigenvalue weighted by atomic mass is 16.7. The number of unbranched alkanes of at least 4 members (excludes halogenated alkanes) is 3. The van der Waals surface area contributed by atoms with Gasteiger partial charge in [0.15, 0.2) is 0 Å². The van der Waals surface area contributed by atoms with Crippen LogP contribution >= 0.6 is 0 Å². The molecule has 2 amide bonds. The lowest BCUT2D eigenvalue weighted by Gasteiger charge is -2.31. The number of carbonyl (C=O) groups is 3. The summed E-state index contributed by atoms with van der Waals surface area (Å²) < 4.78 is 14.7. The standard InChI is InChI=1S/C69H114N12O9/c1-4-7-28-64(82)90-78-45-60-24-12-18-54(33-60)39-72-51-75-42-57-21-15-27-63(36-57)48-81-68(86)79(46-61-25-13-19-55(34-61)40-73-49-70-37-52-16-10-22-58(31-52)43-76-65(83)88-29-8-5-2)67(85)80(69(81)87)47-62-26-14-20-56(35-62)41-74-50-71-38-53-17-11-23-59(32-53)44-77-66(84)89-30-9-6-3/h52-63,78H,4-48H2,1-3H3,(H,76,83)(H,77,84). The van der Waals surface area contributed by atoms with E-state index in [0.29, 0.717) is 114 Å². The van der Waals surface area contributed by atoms with Gasteiger partial charge in [-0.05, 0) is 206 Å². The Hall–Kier alpha value is -5.48. The third kappa shape index (κ3) is 26.3. The molecule has 3 N–H and O–H groups in total. The summed E-state index contributed by atoms with van der Waals surface area (Å²) in [5.74, 6) is 3.45. The van der Waals surface area contributed by atoms with E-state index in [1.807, 2.05) is 0 Å². The van der Waals surface area contributed by atoms with Gasteiger partial charge < -0.3 is 24.9 Å². The summed E-state index contributed by atoms with van der Waals surface area (Å²) in [4.78, 5) is 114. The van der Waals surface area contributed by atoms with Gasteiger partial charge in [-0.1, -0.05) is 78.6 Å². The molecule has 7 rings (SSSR count). The van der Waals surface area contributed by atoms with Crippen molar-refractivity contribution >= 4 is 36.2 Å². The molecular weight excluding hydrogens is 1140 g/mol. The van der Waals surface area contributed by atoms with Crippen molar-refractivity contribution in [3.05, 3.63) is 31.5 Å². The van der Waals surface area contributed by atoms with E-state index in [-0.39, 0.29) is 73.3 Å². The number of nitrogens with one attached hydrogen (secondary N) is 3. The van der Waals surface area contributed by atoms with Crippen molar-refractivity contribution in [2.45, 2.75) is 239 Å². The zero-order valence-corrected chi connectivity index (χ0v) is 55.4. The largest absolute Gasteiger partial charge is 0.450 e. The number of alkyl carbamates (subject to hydrolysis) is 2. The summed E-state index contributed by atoms with van der Waals surface area (Å²) in [6, 6.07) is 9.02. The highest BCUT2D eigenvalue weighted by Crippen LogP contribution is 2.35. The molecule has 6 aliphatic carbocycles. The third-order valence-corrected chi connectivity index (χ3v) is 20.4. The van der Waals surface area contributed by atoms with Crippen molar-refractivity contribution in [1.29, 1.82) is 0 Å². The van der Waals surface area contributed by atoms with E-state index < -0.39 is 17.1 Å². The van der Waals surface area contributed by atoms with Gasteiger partial charge in [-0.2, -0.15) is 5.48 Å². The number of ether oxygens (including phenoxy) is 2. The van der Waals surface area contributed by atoms with Crippen LogP contribution in [-0.4, -0.2) is 122 Å². The Morgan fingerprint density at radius 3 is 0.989 bits per heavy atom. The molecule has 6 aliphatic rings. The molecule has 21 nitrogen and oxygen atoms in total. The van der Waals surface area contributed by atoms with Gasteiger partial charge in [0.2, 0.25) is 0 Å². The van der Waals surface area contributed by atoms with Crippen molar-refractivity contribution in [2.75, 3.05) is 72.1 Å². The maximum absolute atomic E-state index is 14.8. The van der Waals surface area contributed by atoms with E-state index >= 15 is 0 Å². The summed E-state index contributed by atoms with van der Waals surface area (Å²) >= 11 is 0. The molecule has 6 saturated carbocycles. The number of aromatic nitrogens is 3. The number of amides is 2. The predicted molar refractivity (Wildman–Crippen MR) is 353 cm³/mol. The first-order valence-corrected chi connectivity index (χ1v) is 35.9. The van der Waals surface area contributed by atoms with E-state index in [1.54, 1.807) is 0 Å². The molecule has 0 aliphatic heterocycles. The number of carbonyl (C=O) groups excluding carboxylic acids is 3. The molecule has 0 aromatic carbocycles. The summed E-state index contributed by atoms with van der Waals surface area (Å²) in [6.07, 6.45) is 29.3. The molecule has 12 unspecified atom stereocenters. The van der Waals surface area contributed by atoms with E-state index in [2.05, 4.69) is 84.9 Å². The average Bonchev–Trinajstić information content (AvgIpc) is 1.43. The van der Waals surface area contributed by atoms with Crippen molar-refractivity contribution < 1.29 is 28.7 Å². The lowest BCUT2D eigenvalue weighted by Crippen LogP contribution is -2.56. The van der Waals surface area contributed by atoms with Gasteiger partial charge in [-0.3, -0.25) is 4.79 Å². The first-order valence-electron chi connectivity index (χ1n) is 35.9. The molecule has 1 aromatic heterocycles. The Labute approximate surface area is 536 Å². The summed E-state index contributed by atoms with van der Waals surface area (Å²) in [5.41, 5.74) is 1.42. The number of nitrogens with zero attached hydrogens (tertiary/aromatic N) is 9. The second-order valence-corrected chi connectivity index (χ2v) is 28.1. The molecule has 0 spiro atoms. The predicted octanol–water partition coefficient (Wildman–Crippen LogP) is 11.8. The molecule has 0 radical (unpaired) electrons. The fourth-order valence-corrected chi connectivity index (χ4v) is 15.3. The highest BCUT2D eigenvalue weighted by Gasteiger charge is 2.31. The minimum atomic E-state index is -0.500. The molecule has 21 heteroatoms. The van der Waals surface area contributed by atoms with Crippen LogP contribution in [0.3, 0.4) is 0 Å². The van der Waals surface area contributed by atoms with Gasteiger partial charge in [0.25, 0.3) is 0 Å². The van der Waals surface area contributed by atoms with Gasteiger partial charge in [0.05, 0.1) is 70.5 Å². The molecule has 12 atom stereocenters. The van der Waals surface area contributed by atoms with E-state index in [1.165, 1.54) is 13.7 Å². The van der Waals surface area contributed by atoms with Crippen LogP contribution in [0.5, 0.6) is 0 Å². The first kappa shape index (κ1) is 72.0. The Balaban J connectivity index is 0.953. The highest BCUT2D eigenvalue weighted by molar-refractivity contribution is 5.69. The molecule has 1 heterocycles. The smallest absolute Gasteiger partial charge is 0.407 e. The van der Waals surface area contributed by atoms with Crippen molar-refractivity contribution in [3.63, 3.8) is 0 Å². The second kappa shape index (κ2) is 41.2. The summed E-state index contributed by atoms with van der Waals surface area (Å²) in [6.45, 7) is 13.6. The van der Waals surface area contributed by atoms with E-state index in [4.69, 9.17) is 14.3 Å². The lowest BCUT2D eigenvalue weighted by atomic mass is 9.81. The average molecular weight is 1260 g/mol. The fourth-order valence-electron chi connectivity index (χ4n) is 15.3. The Kier molecular flexibility index (Phi) is 32.9. The maximum Gasteiger partial charge on any atom is 0.407 e. The maximum atomic E-state index is 14.8. The van der Waals surface area contributed by atoms with Crippen LogP contribution < -0.4 is 33.2 Å². The minimum absolute atomic E-state index is 0.0835. The number of hydrogen-bond acceptors (Lipinski definition) is 16. The minimum Gasteiger partial charge on any atom is -0.450 e. The van der Waals surface area contributed by atoms with E-state index in [0.717, 1.165) is 193 Å². The third-order valence-electron chi connectivity index (χ3n) is 20.4. The summed E-state index contributed by atoms with van der Waals surface area (Å²) in [5, 5.41) is 5.90. The first-order chi connectivity index (χ1) is 44.0. The van der Waals surface area contributed by atoms with Gasteiger partial charge in [-0.15, -0.1) is 0 Å². The zero-order valence-electron chi connectivity index (χ0n) is 55.4. The topological polar surface area (TPSA) is 255 Å². The quantitative estimate of drug-likeness (QED) is 0.0254.